The van der Waals surface area contributed by atoms with Gasteiger partial charge in [-0.1, -0.05) is 18.7 Å². The molecule has 3 aliphatic rings. The molecule has 9 nitrogen and oxygen atoms in total. The van der Waals surface area contributed by atoms with Crippen molar-refractivity contribution in [2.24, 2.45) is 11.1 Å². The van der Waals surface area contributed by atoms with Crippen molar-refractivity contribution < 1.29 is 31.5 Å². The molecule has 27 heavy (non-hydrogen) atoms. The third kappa shape index (κ3) is 4.69. The zero-order valence-electron chi connectivity index (χ0n) is 14.8. The van der Waals surface area contributed by atoms with Gasteiger partial charge in [-0.2, -0.15) is 0 Å². The van der Waals surface area contributed by atoms with E-state index < -0.39 is 40.7 Å². The summed E-state index contributed by atoms with van der Waals surface area (Å²) >= 11 is 0.671. The van der Waals surface area contributed by atoms with Crippen LogP contribution in [0.15, 0.2) is 20.1 Å². The molecule has 2 atom stereocenters. The predicted octanol–water partition coefficient (Wildman–Crippen LogP) is 0.401. The van der Waals surface area contributed by atoms with Gasteiger partial charge < -0.3 is 15.2 Å². The Bertz CT molecular complexity index is 852. The van der Waals surface area contributed by atoms with Crippen LogP contribution in [0.5, 0.6) is 0 Å². The lowest BCUT2D eigenvalue weighted by Crippen LogP contribution is -2.37. The van der Waals surface area contributed by atoms with Gasteiger partial charge in [-0.15, -0.1) is 12.4 Å². The number of aliphatic carboxylic acids is 1. The topological polar surface area (TPSA) is 153 Å². The smallest absolute Gasteiger partial charge is 0.320 e. The number of sulfonamides is 1. The first kappa shape index (κ1) is 24.4. The van der Waals surface area contributed by atoms with Crippen molar-refractivity contribution in [3.63, 3.8) is 0 Å². The van der Waals surface area contributed by atoms with E-state index >= 15 is 0 Å². The van der Waals surface area contributed by atoms with Gasteiger partial charge in [0.25, 0.3) is 0 Å². The lowest BCUT2D eigenvalue weighted by molar-refractivity contribution is -0.140. The Morgan fingerprint density at radius 3 is 2.33 bits per heavy atom. The summed E-state index contributed by atoms with van der Waals surface area (Å²) in [6.45, 7) is 6.99. The van der Waals surface area contributed by atoms with Gasteiger partial charge in [-0.05, 0) is 25.0 Å². The first-order valence-corrected chi connectivity index (χ1v) is 11.8. The minimum atomic E-state index is -4.37. The zero-order valence-corrected chi connectivity index (χ0v) is 18.1. The van der Waals surface area contributed by atoms with E-state index in [1.165, 1.54) is 6.92 Å². The summed E-state index contributed by atoms with van der Waals surface area (Å²) in [5.74, 6) is -1.72. The van der Waals surface area contributed by atoms with Crippen LogP contribution in [-0.4, -0.2) is 59.0 Å². The van der Waals surface area contributed by atoms with Crippen LogP contribution in [0.2, 0.25) is 0 Å². The largest absolute Gasteiger partial charge is 0.480 e. The van der Waals surface area contributed by atoms with Crippen LogP contribution < -0.4 is 10.5 Å². The Morgan fingerprint density at radius 1 is 1.44 bits per heavy atom. The average Bonchev–Trinajstić information content (AvgIpc) is 3.00. The number of allylic oxidation sites excluding steroid dienone is 2. The van der Waals surface area contributed by atoms with E-state index in [9.17, 15) is 26.7 Å². The molecule has 1 saturated heterocycles. The molecule has 0 aliphatic carbocycles. The number of sulfone groups is 1. The SMILES string of the molecule is C1COCCN1.CCC1C2=C(SC1(C)C(=O)O)S(=O)(=O)C(S(N)(=O)=O)=C2.Cl. The number of carboxylic acid groups (broad SMARTS) is 1. The maximum absolute atomic E-state index is 12.2. The molecular weight excluding hydrogens is 440 g/mol. The number of halogens is 1. The minimum absolute atomic E-state index is 0. The molecule has 0 spiro atoms. The fourth-order valence-electron chi connectivity index (χ4n) is 2.98. The number of hydrogen-bond donors (Lipinski definition) is 3. The number of morpholine rings is 1. The molecule has 0 amide bonds. The van der Waals surface area contributed by atoms with Crippen molar-refractivity contribution in [3.8, 4) is 0 Å². The average molecular weight is 463 g/mol. The Labute approximate surface area is 169 Å². The van der Waals surface area contributed by atoms with Crippen LogP contribution in [0.3, 0.4) is 0 Å². The fourth-order valence-corrected chi connectivity index (χ4v) is 8.33. The van der Waals surface area contributed by atoms with Gasteiger partial charge in [0.05, 0.1) is 13.2 Å². The number of thioether (sulfide) groups is 1. The fraction of sp³-hybridized carbons (Fsp3) is 0.643. The number of primary sulfonamides is 1. The second-order valence-electron chi connectivity index (χ2n) is 6.09. The Morgan fingerprint density at radius 2 is 2.00 bits per heavy atom. The molecule has 3 heterocycles. The van der Waals surface area contributed by atoms with Crippen molar-refractivity contribution >= 4 is 50.0 Å². The first-order chi connectivity index (χ1) is 12.0. The van der Waals surface area contributed by atoms with Crippen molar-refractivity contribution in [2.45, 2.75) is 25.0 Å². The van der Waals surface area contributed by atoms with Gasteiger partial charge in [0, 0.05) is 19.0 Å². The molecule has 0 aromatic carbocycles. The summed E-state index contributed by atoms with van der Waals surface area (Å²) in [4.78, 5) is 11.4. The highest BCUT2D eigenvalue weighted by Crippen LogP contribution is 2.58. The van der Waals surface area contributed by atoms with E-state index in [0.29, 0.717) is 18.2 Å². The highest BCUT2D eigenvalue weighted by atomic mass is 35.5. The van der Waals surface area contributed by atoms with Crippen molar-refractivity contribution in [2.75, 3.05) is 26.3 Å². The molecule has 0 saturated carbocycles. The second kappa shape index (κ2) is 8.80. The van der Waals surface area contributed by atoms with Gasteiger partial charge in [-0.3, -0.25) is 4.79 Å². The molecule has 3 rings (SSSR count). The summed E-state index contributed by atoms with van der Waals surface area (Å²) in [5, 5.41) is 17.4. The van der Waals surface area contributed by atoms with E-state index in [0.717, 1.165) is 32.4 Å². The third-order valence-corrected chi connectivity index (χ3v) is 9.94. The molecule has 0 radical (unpaired) electrons. The number of nitrogens with two attached hydrogens (primary N) is 1. The Balaban J connectivity index is 0.000000444. The molecule has 1 fully saturated rings. The molecule has 13 heteroatoms. The molecule has 0 bridgehead atoms. The number of ether oxygens (including phenoxy) is 1. The van der Waals surface area contributed by atoms with E-state index in [1.807, 2.05) is 0 Å². The standard InChI is InChI=1S/C10H13NO6S3.C4H9NO.ClH/c1-3-6-5-4-7(20(11,16)17)19(14,15)8(5)18-10(6,2)9(12)13;1-3-6-4-2-5-1;/h4,6H,3H2,1-2H3,(H,12,13)(H2,11,16,17);5H,1-4H2;1H. The van der Waals surface area contributed by atoms with Gasteiger partial charge in [-0.25, -0.2) is 22.0 Å². The first-order valence-electron chi connectivity index (χ1n) is 7.91. The van der Waals surface area contributed by atoms with Crippen molar-refractivity contribution in [1.82, 2.24) is 5.32 Å². The van der Waals surface area contributed by atoms with Crippen molar-refractivity contribution in [1.29, 1.82) is 0 Å². The third-order valence-electron chi connectivity index (χ3n) is 4.32. The number of hydrogen-bond acceptors (Lipinski definition) is 8. The van der Waals surface area contributed by atoms with Crippen LogP contribution in [-0.2, 0) is 29.4 Å². The molecule has 2 unspecified atom stereocenters. The second-order valence-corrected chi connectivity index (χ2v) is 11.5. The van der Waals surface area contributed by atoms with Crippen LogP contribution in [0.4, 0.5) is 0 Å². The van der Waals surface area contributed by atoms with Gasteiger partial charge >= 0.3 is 5.97 Å². The highest BCUT2D eigenvalue weighted by Gasteiger charge is 2.56. The van der Waals surface area contributed by atoms with Gasteiger partial charge in [0.2, 0.25) is 19.9 Å². The number of rotatable bonds is 3. The molecular formula is C14H23ClN2O7S3. The summed E-state index contributed by atoms with van der Waals surface area (Å²) in [7, 11) is -8.61. The van der Waals surface area contributed by atoms with E-state index in [4.69, 9.17) is 9.88 Å². The van der Waals surface area contributed by atoms with Crippen LogP contribution in [0, 0.1) is 5.92 Å². The minimum Gasteiger partial charge on any atom is -0.480 e. The van der Waals surface area contributed by atoms with Crippen LogP contribution in [0.1, 0.15) is 20.3 Å². The number of carboxylic acids is 1. The normalized spacial score (nSPS) is 29.1. The van der Waals surface area contributed by atoms with Crippen molar-refractivity contribution in [3.05, 3.63) is 20.1 Å². The summed E-state index contributed by atoms with van der Waals surface area (Å²) in [6.07, 6.45) is 1.37. The lowest BCUT2D eigenvalue weighted by Gasteiger charge is -2.27. The van der Waals surface area contributed by atoms with Gasteiger partial charge in [0.15, 0.2) is 4.24 Å². The molecule has 3 aliphatic heterocycles. The summed E-state index contributed by atoms with van der Waals surface area (Å²) < 4.78 is 49.7. The molecule has 0 aromatic heterocycles. The molecule has 4 N–H and O–H groups in total. The molecule has 0 aromatic rings. The van der Waals surface area contributed by atoms with Crippen LogP contribution >= 0.6 is 24.2 Å². The Hall–Kier alpha value is -0.630. The number of carbonyl (C=O) groups is 1. The number of nitrogens with one attached hydrogen (secondary N) is 1. The quantitative estimate of drug-likeness (QED) is 0.540. The monoisotopic (exact) mass is 462 g/mol. The maximum Gasteiger partial charge on any atom is 0.320 e. The molecule has 156 valence electrons. The summed E-state index contributed by atoms with van der Waals surface area (Å²) in [6, 6.07) is 0. The van der Waals surface area contributed by atoms with Crippen LogP contribution in [0.25, 0.3) is 0 Å². The van der Waals surface area contributed by atoms with E-state index in [1.54, 1.807) is 6.92 Å². The van der Waals surface area contributed by atoms with Gasteiger partial charge in [0.1, 0.15) is 8.98 Å². The Kier molecular flexibility index (Phi) is 7.96. The summed E-state index contributed by atoms with van der Waals surface area (Å²) in [5.41, 5.74) is 0.228. The maximum atomic E-state index is 12.2. The highest BCUT2D eigenvalue weighted by molar-refractivity contribution is 8.26. The van der Waals surface area contributed by atoms with E-state index in [-0.39, 0.29) is 22.2 Å². The van der Waals surface area contributed by atoms with E-state index in [2.05, 4.69) is 5.32 Å². The zero-order chi connectivity index (χ0) is 19.8. The predicted molar refractivity (Wildman–Crippen MR) is 105 cm³/mol. The lowest BCUT2D eigenvalue weighted by atomic mass is 9.85.